The van der Waals surface area contributed by atoms with Crippen molar-refractivity contribution >= 4 is 27.4 Å². The molecule has 0 bridgehead atoms. The van der Waals surface area contributed by atoms with E-state index in [9.17, 15) is 22.0 Å². The van der Waals surface area contributed by atoms with Crippen LogP contribution in [0.3, 0.4) is 0 Å². The van der Waals surface area contributed by atoms with Crippen LogP contribution in [0, 0.1) is 18.6 Å². The lowest BCUT2D eigenvalue weighted by molar-refractivity contribution is 0.191. The molecule has 1 N–H and O–H groups in total. The van der Waals surface area contributed by atoms with Gasteiger partial charge in [0.1, 0.15) is 11.6 Å². The van der Waals surface area contributed by atoms with Gasteiger partial charge in [0.2, 0.25) is 0 Å². The standard InChI is InChI=1S/C24H23F2N3O3S/c1-17-11-12-23(22(15-17)27-33(31,32)18-7-3-2-4-8-18)29-14-6-13-28(24(29)30)16-19-20(25)9-5-10-21(19)26/h2-5,7-12,15,27H,6,13-14,16H2,1H3. The summed E-state index contributed by atoms with van der Waals surface area (Å²) in [7, 11) is -3.88. The molecule has 1 saturated heterocycles. The molecule has 33 heavy (non-hydrogen) atoms. The number of sulfonamides is 1. The van der Waals surface area contributed by atoms with Crippen LogP contribution in [0.2, 0.25) is 0 Å². The molecular formula is C24H23F2N3O3S. The van der Waals surface area contributed by atoms with Gasteiger partial charge in [-0.05, 0) is 55.3 Å². The smallest absolute Gasteiger partial charge is 0.320 e. The van der Waals surface area contributed by atoms with Gasteiger partial charge in [0.25, 0.3) is 10.0 Å². The predicted octanol–water partition coefficient (Wildman–Crippen LogP) is 4.91. The van der Waals surface area contributed by atoms with Crippen LogP contribution >= 0.6 is 0 Å². The predicted molar refractivity (Wildman–Crippen MR) is 123 cm³/mol. The monoisotopic (exact) mass is 471 g/mol. The zero-order chi connectivity index (χ0) is 23.6. The van der Waals surface area contributed by atoms with Crippen LogP contribution < -0.4 is 9.62 Å². The number of nitrogens with zero attached hydrogens (tertiary/aromatic N) is 2. The van der Waals surface area contributed by atoms with Crippen molar-refractivity contribution in [2.45, 2.75) is 24.8 Å². The maximum absolute atomic E-state index is 14.1. The first-order chi connectivity index (χ1) is 15.8. The van der Waals surface area contributed by atoms with Crippen molar-refractivity contribution in [1.29, 1.82) is 0 Å². The molecule has 0 aliphatic carbocycles. The molecule has 0 unspecified atom stereocenters. The van der Waals surface area contributed by atoms with Crippen molar-refractivity contribution in [3.05, 3.63) is 89.5 Å². The lowest BCUT2D eigenvalue weighted by atomic mass is 10.1. The van der Waals surface area contributed by atoms with Gasteiger partial charge in [0.15, 0.2) is 0 Å². The van der Waals surface area contributed by atoms with E-state index in [1.165, 1.54) is 28.0 Å². The van der Waals surface area contributed by atoms with E-state index in [1.807, 2.05) is 6.92 Å². The number of benzene rings is 3. The number of anilines is 2. The van der Waals surface area contributed by atoms with Gasteiger partial charge in [-0.2, -0.15) is 0 Å². The Balaban J connectivity index is 1.64. The van der Waals surface area contributed by atoms with Crippen LogP contribution in [0.1, 0.15) is 17.5 Å². The topological polar surface area (TPSA) is 69.7 Å². The first-order valence-corrected chi connectivity index (χ1v) is 11.9. The highest BCUT2D eigenvalue weighted by Gasteiger charge is 2.30. The van der Waals surface area contributed by atoms with Crippen molar-refractivity contribution < 1.29 is 22.0 Å². The van der Waals surface area contributed by atoms with E-state index < -0.39 is 27.7 Å². The first kappa shape index (κ1) is 22.7. The summed E-state index contributed by atoms with van der Waals surface area (Å²) < 4.78 is 56.7. The minimum atomic E-state index is -3.88. The molecule has 0 saturated carbocycles. The average Bonchev–Trinajstić information content (AvgIpc) is 2.78. The molecule has 0 spiro atoms. The Labute approximate surface area is 191 Å². The Bertz CT molecular complexity index is 1260. The number of rotatable bonds is 6. The summed E-state index contributed by atoms with van der Waals surface area (Å²) in [5, 5.41) is 0. The maximum Gasteiger partial charge on any atom is 0.324 e. The lowest BCUT2D eigenvalue weighted by Crippen LogP contribution is -2.49. The largest absolute Gasteiger partial charge is 0.324 e. The second-order valence-electron chi connectivity index (χ2n) is 7.85. The molecule has 0 atom stereocenters. The molecule has 6 nitrogen and oxygen atoms in total. The van der Waals surface area contributed by atoms with E-state index in [0.717, 1.165) is 17.7 Å². The van der Waals surface area contributed by atoms with Gasteiger partial charge in [-0.25, -0.2) is 22.0 Å². The summed E-state index contributed by atoms with van der Waals surface area (Å²) in [5.74, 6) is -1.43. The number of hydrogen-bond acceptors (Lipinski definition) is 3. The minimum Gasteiger partial charge on any atom is -0.320 e. The highest BCUT2D eigenvalue weighted by atomic mass is 32.2. The third-order valence-corrected chi connectivity index (χ3v) is 6.84. The fraction of sp³-hybridized carbons (Fsp3) is 0.208. The highest BCUT2D eigenvalue weighted by Crippen LogP contribution is 2.32. The van der Waals surface area contributed by atoms with E-state index in [4.69, 9.17) is 0 Å². The molecule has 1 heterocycles. The van der Waals surface area contributed by atoms with E-state index >= 15 is 0 Å². The van der Waals surface area contributed by atoms with Crippen molar-refractivity contribution in [3.63, 3.8) is 0 Å². The molecule has 0 radical (unpaired) electrons. The number of amides is 2. The lowest BCUT2D eigenvalue weighted by Gasteiger charge is -2.36. The normalized spacial score (nSPS) is 14.5. The molecule has 3 aromatic rings. The number of carbonyl (C=O) groups excluding carboxylic acids is 1. The van der Waals surface area contributed by atoms with Crippen LogP contribution in [0.4, 0.5) is 25.0 Å². The fourth-order valence-corrected chi connectivity index (χ4v) is 4.88. The first-order valence-electron chi connectivity index (χ1n) is 10.4. The van der Waals surface area contributed by atoms with E-state index in [-0.39, 0.29) is 22.7 Å². The third-order valence-electron chi connectivity index (χ3n) is 5.46. The molecule has 3 aromatic carbocycles. The summed E-state index contributed by atoms with van der Waals surface area (Å²) in [5.41, 5.74) is 1.26. The average molecular weight is 472 g/mol. The Morgan fingerprint density at radius 1 is 0.939 bits per heavy atom. The molecule has 2 amide bonds. The molecule has 1 aliphatic rings. The van der Waals surface area contributed by atoms with E-state index in [0.29, 0.717) is 25.2 Å². The Hall–Kier alpha value is -3.46. The van der Waals surface area contributed by atoms with E-state index in [2.05, 4.69) is 4.72 Å². The quantitative estimate of drug-likeness (QED) is 0.556. The van der Waals surface area contributed by atoms with Crippen LogP contribution in [0.15, 0.2) is 71.6 Å². The Kier molecular flexibility index (Phi) is 6.33. The zero-order valence-corrected chi connectivity index (χ0v) is 18.8. The molecule has 172 valence electrons. The van der Waals surface area contributed by atoms with Crippen molar-refractivity contribution in [3.8, 4) is 0 Å². The molecular weight excluding hydrogens is 448 g/mol. The van der Waals surface area contributed by atoms with Crippen molar-refractivity contribution in [2.24, 2.45) is 0 Å². The molecule has 9 heteroatoms. The van der Waals surface area contributed by atoms with Gasteiger partial charge in [0.05, 0.1) is 22.8 Å². The Morgan fingerprint density at radius 3 is 2.33 bits per heavy atom. The summed E-state index contributed by atoms with van der Waals surface area (Å²) >= 11 is 0. The van der Waals surface area contributed by atoms with Crippen molar-refractivity contribution in [1.82, 2.24) is 4.90 Å². The number of hydrogen-bond donors (Lipinski definition) is 1. The summed E-state index contributed by atoms with van der Waals surface area (Å²) in [4.78, 5) is 16.1. The summed E-state index contributed by atoms with van der Waals surface area (Å²) in [6.45, 7) is 2.28. The number of carbonyl (C=O) groups is 1. The summed E-state index contributed by atoms with van der Waals surface area (Å²) in [6.07, 6.45) is 0.556. The van der Waals surface area contributed by atoms with Gasteiger partial charge in [-0.15, -0.1) is 0 Å². The van der Waals surface area contributed by atoms with Gasteiger partial charge >= 0.3 is 6.03 Å². The number of aryl methyl sites for hydroxylation is 1. The minimum absolute atomic E-state index is 0.0964. The summed E-state index contributed by atoms with van der Waals surface area (Å²) in [6, 6.07) is 16.2. The van der Waals surface area contributed by atoms with Crippen LogP contribution in [-0.4, -0.2) is 32.4 Å². The zero-order valence-electron chi connectivity index (χ0n) is 18.0. The van der Waals surface area contributed by atoms with Gasteiger partial charge in [-0.3, -0.25) is 9.62 Å². The number of nitrogens with one attached hydrogen (secondary N) is 1. The molecule has 1 aliphatic heterocycles. The van der Waals surface area contributed by atoms with Gasteiger partial charge in [-0.1, -0.05) is 30.3 Å². The maximum atomic E-state index is 14.1. The van der Waals surface area contributed by atoms with Crippen LogP contribution in [-0.2, 0) is 16.6 Å². The third kappa shape index (κ3) is 4.83. The van der Waals surface area contributed by atoms with E-state index in [1.54, 1.807) is 36.4 Å². The van der Waals surface area contributed by atoms with Crippen molar-refractivity contribution in [2.75, 3.05) is 22.7 Å². The SMILES string of the molecule is Cc1ccc(N2CCCN(Cc3c(F)cccc3F)C2=O)c(NS(=O)(=O)c2ccccc2)c1. The number of halogens is 2. The number of urea groups is 1. The second-order valence-corrected chi connectivity index (χ2v) is 9.53. The van der Waals surface area contributed by atoms with Crippen LogP contribution in [0.25, 0.3) is 0 Å². The molecule has 1 fully saturated rings. The molecule has 0 aromatic heterocycles. The molecule has 4 rings (SSSR count). The van der Waals surface area contributed by atoms with Crippen LogP contribution in [0.5, 0.6) is 0 Å². The van der Waals surface area contributed by atoms with Gasteiger partial charge < -0.3 is 4.90 Å². The van der Waals surface area contributed by atoms with Gasteiger partial charge in [0, 0.05) is 18.7 Å². The fourth-order valence-electron chi connectivity index (χ4n) is 3.80. The Morgan fingerprint density at radius 2 is 1.64 bits per heavy atom. The highest BCUT2D eigenvalue weighted by molar-refractivity contribution is 7.92. The second kappa shape index (κ2) is 9.19.